The van der Waals surface area contributed by atoms with Gasteiger partial charge in [0.25, 0.3) is 0 Å². The lowest BCUT2D eigenvalue weighted by atomic mass is 9.86. The molecule has 0 aliphatic heterocycles. The van der Waals surface area contributed by atoms with Crippen LogP contribution in [0.5, 0.6) is 0 Å². The van der Waals surface area contributed by atoms with Crippen LogP contribution < -0.4 is 5.32 Å². The number of halogens is 2. The molecule has 2 aromatic carbocycles. The second kappa shape index (κ2) is 6.14. The van der Waals surface area contributed by atoms with E-state index in [2.05, 4.69) is 5.32 Å². The lowest BCUT2D eigenvalue weighted by Crippen LogP contribution is -2.43. The van der Waals surface area contributed by atoms with Crippen LogP contribution in [0, 0.1) is 5.82 Å². The molecular weight excluding hydrogens is 293 g/mol. The number of nitrogens with one attached hydrogen (secondary N) is 1. The molecule has 2 N–H and O–H groups in total. The van der Waals surface area contributed by atoms with Crippen LogP contribution in [0.4, 0.5) is 10.1 Å². The molecule has 0 heterocycles. The normalized spacial score (nSPS) is 13.5. The fourth-order valence-corrected chi connectivity index (χ4v) is 2.45. The number of carbonyl (C=O) groups is 1. The summed E-state index contributed by atoms with van der Waals surface area (Å²) in [5.41, 5.74) is -1.04. The van der Waals surface area contributed by atoms with Gasteiger partial charge < -0.3 is 10.4 Å². The lowest BCUT2D eigenvalue weighted by molar-refractivity contribution is -0.143. The summed E-state index contributed by atoms with van der Waals surface area (Å²) in [6.45, 7) is 1.68. The van der Waals surface area contributed by atoms with E-state index in [1.165, 1.54) is 18.2 Å². The van der Waals surface area contributed by atoms with Crippen molar-refractivity contribution in [3.8, 4) is 0 Å². The molecule has 0 spiro atoms. The molecule has 0 aromatic heterocycles. The first-order valence-corrected chi connectivity index (χ1v) is 6.90. The molecule has 21 heavy (non-hydrogen) atoms. The standard InChI is InChI=1S/C16H15ClFNO2/c1-2-16(15(20)21,11-7-3-5-9-13(11)18)19-14-10-6-4-8-12(14)17/h3-10,19H,2H2,1H3,(H,20,21). The van der Waals surface area contributed by atoms with Crippen LogP contribution in [0.25, 0.3) is 0 Å². The van der Waals surface area contributed by atoms with Gasteiger partial charge in [-0.15, -0.1) is 0 Å². The molecule has 0 aliphatic rings. The van der Waals surface area contributed by atoms with E-state index >= 15 is 0 Å². The fraction of sp³-hybridized carbons (Fsp3) is 0.188. The Kier molecular flexibility index (Phi) is 4.48. The molecule has 1 atom stereocenters. The Morgan fingerprint density at radius 2 is 1.86 bits per heavy atom. The summed E-state index contributed by atoms with van der Waals surface area (Å²) < 4.78 is 14.1. The largest absolute Gasteiger partial charge is 0.479 e. The summed E-state index contributed by atoms with van der Waals surface area (Å²) >= 11 is 6.07. The Labute approximate surface area is 127 Å². The summed E-state index contributed by atoms with van der Waals surface area (Å²) in [6.07, 6.45) is 0.161. The van der Waals surface area contributed by atoms with Crippen LogP contribution in [0.1, 0.15) is 18.9 Å². The van der Waals surface area contributed by atoms with Crippen molar-refractivity contribution in [3.63, 3.8) is 0 Å². The number of hydrogen-bond donors (Lipinski definition) is 2. The topological polar surface area (TPSA) is 49.3 Å². The van der Waals surface area contributed by atoms with Gasteiger partial charge in [-0.2, -0.15) is 0 Å². The maximum atomic E-state index is 14.1. The van der Waals surface area contributed by atoms with Gasteiger partial charge in [-0.25, -0.2) is 9.18 Å². The Morgan fingerprint density at radius 3 is 2.43 bits per heavy atom. The van der Waals surface area contributed by atoms with Crippen molar-refractivity contribution in [2.24, 2.45) is 0 Å². The van der Waals surface area contributed by atoms with Gasteiger partial charge >= 0.3 is 5.97 Å². The Morgan fingerprint density at radius 1 is 1.24 bits per heavy atom. The molecule has 0 saturated carbocycles. The third-order valence-corrected chi connectivity index (χ3v) is 3.78. The zero-order valence-corrected chi connectivity index (χ0v) is 12.2. The molecule has 110 valence electrons. The van der Waals surface area contributed by atoms with Crippen molar-refractivity contribution in [1.82, 2.24) is 0 Å². The molecule has 0 bridgehead atoms. The van der Waals surface area contributed by atoms with E-state index in [1.807, 2.05) is 0 Å². The highest BCUT2D eigenvalue weighted by molar-refractivity contribution is 6.33. The molecule has 0 fully saturated rings. The Bertz CT molecular complexity index is 662. The molecule has 2 aromatic rings. The first-order valence-electron chi connectivity index (χ1n) is 6.52. The van der Waals surface area contributed by atoms with Gasteiger partial charge in [-0.3, -0.25) is 0 Å². The first-order chi connectivity index (χ1) is 10.0. The van der Waals surface area contributed by atoms with Gasteiger partial charge in [0.2, 0.25) is 0 Å². The van der Waals surface area contributed by atoms with E-state index in [0.29, 0.717) is 10.7 Å². The maximum absolute atomic E-state index is 14.1. The Balaban J connectivity index is 2.56. The van der Waals surface area contributed by atoms with E-state index in [1.54, 1.807) is 37.3 Å². The number of carboxylic acids is 1. The van der Waals surface area contributed by atoms with Crippen molar-refractivity contribution < 1.29 is 14.3 Å². The molecule has 1 unspecified atom stereocenters. The van der Waals surface area contributed by atoms with Crippen molar-refractivity contribution in [1.29, 1.82) is 0 Å². The van der Waals surface area contributed by atoms with Gasteiger partial charge in [0.1, 0.15) is 5.82 Å². The minimum absolute atomic E-state index is 0.0833. The van der Waals surface area contributed by atoms with E-state index in [9.17, 15) is 14.3 Å². The SMILES string of the molecule is CCC(Nc1ccccc1Cl)(C(=O)O)c1ccccc1F. The summed E-state index contributed by atoms with van der Waals surface area (Å²) in [5.74, 6) is -1.73. The number of carboxylic acid groups (broad SMARTS) is 1. The summed E-state index contributed by atoms with van der Waals surface area (Å²) in [4.78, 5) is 11.8. The second-order valence-electron chi connectivity index (χ2n) is 4.65. The van der Waals surface area contributed by atoms with E-state index < -0.39 is 17.3 Å². The third kappa shape index (κ3) is 2.85. The smallest absolute Gasteiger partial charge is 0.334 e. The van der Waals surface area contributed by atoms with Gasteiger partial charge in [-0.05, 0) is 24.6 Å². The zero-order chi connectivity index (χ0) is 15.5. The number of anilines is 1. The number of para-hydroxylation sites is 1. The lowest BCUT2D eigenvalue weighted by Gasteiger charge is -2.31. The van der Waals surface area contributed by atoms with Crippen molar-refractivity contribution >= 4 is 23.3 Å². The predicted octanol–water partition coefficient (Wildman–Crippen LogP) is 4.28. The molecule has 0 radical (unpaired) electrons. The van der Waals surface area contributed by atoms with E-state index in [4.69, 9.17) is 11.6 Å². The van der Waals surface area contributed by atoms with E-state index in [0.717, 1.165) is 0 Å². The molecule has 5 heteroatoms. The molecule has 0 saturated heterocycles. The van der Waals surface area contributed by atoms with Gasteiger partial charge in [0.15, 0.2) is 5.54 Å². The minimum Gasteiger partial charge on any atom is -0.479 e. The first kappa shape index (κ1) is 15.3. The van der Waals surface area contributed by atoms with Crippen molar-refractivity contribution in [2.75, 3.05) is 5.32 Å². The third-order valence-electron chi connectivity index (χ3n) is 3.45. The average molecular weight is 308 g/mol. The molecule has 3 nitrogen and oxygen atoms in total. The zero-order valence-electron chi connectivity index (χ0n) is 11.4. The monoisotopic (exact) mass is 307 g/mol. The van der Waals surface area contributed by atoms with Crippen LogP contribution in [0.2, 0.25) is 5.02 Å². The van der Waals surface area contributed by atoms with Crippen LogP contribution in [0.15, 0.2) is 48.5 Å². The summed E-state index contributed by atoms with van der Waals surface area (Å²) in [6, 6.07) is 12.6. The molecule has 0 amide bonds. The van der Waals surface area contributed by atoms with Gasteiger partial charge in [0.05, 0.1) is 10.7 Å². The Hall–Kier alpha value is -2.07. The van der Waals surface area contributed by atoms with Gasteiger partial charge in [0, 0.05) is 5.56 Å². The van der Waals surface area contributed by atoms with E-state index in [-0.39, 0.29) is 12.0 Å². The second-order valence-corrected chi connectivity index (χ2v) is 5.06. The van der Waals surface area contributed by atoms with Crippen LogP contribution in [0.3, 0.4) is 0 Å². The maximum Gasteiger partial charge on any atom is 0.334 e. The quantitative estimate of drug-likeness (QED) is 0.866. The molecule has 0 aliphatic carbocycles. The highest BCUT2D eigenvalue weighted by Crippen LogP contribution is 2.34. The van der Waals surface area contributed by atoms with Gasteiger partial charge in [-0.1, -0.05) is 48.9 Å². The number of aliphatic carboxylic acids is 1. The number of benzene rings is 2. The van der Waals surface area contributed by atoms with Crippen molar-refractivity contribution in [3.05, 3.63) is 64.9 Å². The van der Waals surface area contributed by atoms with Crippen LogP contribution >= 0.6 is 11.6 Å². The van der Waals surface area contributed by atoms with Crippen LogP contribution in [-0.2, 0) is 10.3 Å². The molecular formula is C16H15ClFNO2. The fourth-order valence-electron chi connectivity index (χ4n) is 2.27. The number of rotatable bonds is 5. The highest BCUT2D eigenvalue weighted by Gasteiger charge is 2.41. The summed E-state index contributed by atoms with van der Waals surface area (Å²) in [5, 5.41) is 13.0. The van der Waals surface area contributed by atoms with Crippen LogP contribution in [-0.4, -0.2) is 11.1 Å². The van der Waals surface area contributed by atoms with Crippen molar-refractivity contribution in [2.45, 2.75) is 18.9 Å². The number of hydrogen-bond acceptors (Lipinski definition) is 2. The highest BCUT2D eigenvalue weighted by atomic mass is 35.5. The minimum atomic E-state index is -1.57. The molecule has 2 rings (SSSR count). The predicted molar refractivity (Wildman–Crippen MR) is 81.1 cm³/mol. The summed E-state index contributed by atoms with van der Waals surface area (Å²) in [7, 11) is 0. The average Bonchev–Trinajstić information content (AvgIpc) is 2.47.